The van der Waals surface area contributed by atoms with E-state index < -0.39 is 0 Å². The molecular weight excluding hydrogens is 473 g/mol. The van der Waals surface area contributed by atoms with Crippen molar-refractivity contribution in [2.24, 2.45) is 0 Å². The Balaban J connectivity index is 1.65. The van der Waals surface area contributed by atoms with Crippen molar-refractivity contribution in [3.63, 3.8) is 0 Å². The van der Waals surface area contributed by atoms with Crippen LogP contribution in [0.15, 0.2) is 70.6 Å². The SMILES string of the molecule is CN(Cc1ccc(Cl)s1)C(=O)CSc1nc2ccccc2c(=O)n1-c1ccccc1Cl. The van der Waals surface area contributed by atoms with Crippen LogP contribution in [0, 0.1) is 0 Å². The number of carbonyl (C=O) groups is 1. The molecule has 0 aliphatic rings. The molecule has 0 fully saturated rings. The van der Waals surface area contributed by atoms with Gasteiger partial charge in [-0.1, -0.05) is 59.2 Å². The summed E-state index contributed by atoms with van der Waals surface area (Å²) < 4.78 is 2.16. The number of hydrogen-bond donors (Lipinski definition) is 0. The fourth-order valence-corrected chi connectivity index (χ4v) is 5.36. The van der Waals surface area contributed by atoms with Crippen LogP contribution in [-0.4, -0.2) is 33.2 Å². The summed E-state index contributed by atoms with van der Waals surface area (Å²) in [5.74, 6) is 0.0489. The number of rotatable bonds is 6. The van der Waals surface area contributed by atoms with Gasteiger partial charge in [-0.3, -0.25) is 14.2 Å². The number of thiophene rings is 1. The van der Waals surface area contributed by atoms with E-state index in [4.69, 9.17) is 23.2 Å². The van der Waals surface area contributed by atoms with Crippen LogP contribution < -0.4 is 5.56 Å². The number of nitrogens with zero attached hydrogens (tertiary/aromatic N) is 3. The van der Waals surface area contributed by atoms with Gasteiger partial charge in [-0.2, -0.15) is 0 Å². The summed E-state index contributed by atoms with van der Waals surface area (Å²) in [6.07, 6.45) is 0. The molecule has 158 valence electrons. The molecule has 5 nitrogen and oxygen atoms in total. The third kappa shape index (κ3) is 4.80. The summed E-state index contributed by atoms with van der Waals surface area (Å²) >= 11 is 15.0. The van der Waals surface area contributed by atoms with Gasteiger partial charge in [-0.25, -0.2) is 4.98 Å². The molecule has 0 atom stereocenters. The van der Waals surface area contributed by atoms with Crippen molar-refractivity contribution in [1.29, 1.82) is 0 Å². The Kier molecular flexibility index (Phi) is 6.67. The largest absolute Gasteiger partial charge is 0.340 e. The molecule has 0 N–H and O–H groups in total. The lowest BCUT2D eigenvalue weighted by molar-refractivity contribution is -0.127. The molecule has 0 saturated carbocycles. The summed E-state index contributed by atoms with van der Waals surface area (Å²) in [6, 6.07) is 18.0. The fraction of sp³-hybridized carbons (Fsp3) is 0.136. The number of carbonyl (C=O) groups excluding carboxylic acids is 1. The second kappa shape index (κ2) is 9.44. The number of aromatic nitrogens is 2. The highest BCUT2D eigenvalue weighted by Gasteiger charge is 2.18. The van der Waals surface area contributed by atoms with E-state index in [0.29, 0.717) is 37.7 Å². The number of hydrogen-bond acceptors (Lipinski definition) is 5. The first-order valence-corrected chi connectivity index (χ1v) is 11.9. The van der Waals surface area contributed by atoms with Gasteiger partial charge in [-0.05, 0) is 36.4 Å². The zero-order valence-corrected chi connectivity index (χ0v) is 19.6. The minimum atomic E-state index is -0.227. The summed E-state index contributed by atoms with van der Waals surface area (Å²) in [7, 11) is 1.74. The van der Waals surface area contributed by atoms with E-state index in [2.05, 4.69) is 4.98 Å². The van der Waals surface area contributed by atoms with Crippen molar-refractivity contribution < 1.29 is 4.79 Å². The topological polar surface area (TPSA) is 55.2 Å². The van der Waals surface area contributed by atoms with E-state index in [-0.39, 0.29) is 17.2 Å². The Bertz CT molecular complexity index is 1320. The molecule has 0 aliphatic carbocycles. The molecular formula is C22H17Cl2N3O2S2. The number of thioether (sulfide) groups is 1. The van der Waals surface area contributed by atoms with E-state index in [1.807, 2.05) is 24.3 Å². The Morgan fingerprint density at radius 2 is 1.84 bits per heavy atom. The number of benzene rings is 2. The second-order valence-electron chi connectivity index (χ2n) is 6.75. The van der Waals surface area contributed by atoms with E-state index >= 15 is 0 Å². The molecule has 0 radical (unpaired) electrons. The quantitative estimate of drug-likeness (QED) is 0.264. The molecule has 1 amide bonds. The molecule has 0 aliphatic heterocycles. The van der Waals surface area contributed by atoms with Gasteiger partial charge in [-0.15, -0.1) is 11.3 Å². The van der Waals surface area contributed by atoms with Crippen molar-refractivity contribution >= 4 is 63.1 Å². The average molecular weight is 490 g/mol. The van der Waals surface area contributed by atoms with Crippen molar-refractivity contribution in [3.8, 4) is 5.69 Å². The van der Waals surface area contributed by atoms with Gasteiger partial charge in [0, 0.05) is 11.9 Å². The van der Waals surface area contributed by atoms with Crippen molar-refractivity contribution in [2.45, 2.75) is 11.7 Å². The standard InChI is InChI=1S/C22H17Cl2N3O2S2/c1-26(12-14-10-11-19(24)31-14)20(28)13-30-22-25-17-8-4-2-6-15(17)21(29)27(22)18-9-5-3-7-16(18)23/h2-11H,12-13H2,1H3. The van der Waals surface area contributed by atoms with Crippen LogP contribution in [-0.2, 0) is 11.3 Å². The molecule has 31 heavy (non-hydrogen) atoms. The Morgan fingerprint density at radius 1 is 1.10 bits per heavy atom. The maximum absolute atomic E-state index is 13.3. The highest BCUT2D eigenvalue weighted by Crippen LogP contribution is 2.26. The Morgan fingerprint density at radius 3 is 2.58 bits per heavy atom. The predicted octanol–water partition coefficient (Wildman–Crippen LogP) is 5.50. The lowest BCUT2D eigenvalue weighted by Crippen LogP contribution is -2.28. The van der Waals surface area contributed by atoms with Crippen LogP contribution in [0.4, 0.5) is 0 Å². The van der Waals surface area contributed by atoms with Gasteiger partial charge in [0.05, 0.1) is 38.2 Å². The van der Waals surface area contributed by atoms with Crippen molar-refractivity contribution in [2.75, 3.05) is 12.8 Å². The van der Waals surface area contributed by atoms with Gasteiger partial charge in [0.1, 0.15) is 0 Å². The molecule has 4 aromatic rings. The first kappa shape index (κ1) is 21.9. The zero-order chi connectivity index (χ0) is 22.0. The molecule has 9 heteroatoms. The summed E-state index contributed by atoms with van der Waals surface area (Å²) in [4.78, 5) is 33.3. The van der Waals surface area contributed by atoms with Crippen LogP contribution in [0.2, 0.25) is 9.36 Å². The Labute approximate surface area is 197 Å². The van der Waals surface area contributed by atoms with Crippen LogP contribution in [0.25, 0.3) is 16.6 Å². The average Bonchev–Trinajstić information content (AvgIpc) is 3.17. The van der Waals surface area contributed by atoms with Crippen LogP contribution in [0.5, 0.6) is 0 Å². The first-order chi connectivity index (χ1) is 14.9. The number of para-hydroxylation sites is 2. The smallest absolute Gasteiger partial charge is 0.266 e. The molecule has 0 unspecified atom stereocenters. The zero-order valence-electron chi connectivity index (χ0n) is 16.4. The van der Waals surface area contributed by atoms with E-state index in [1.54, 1.807) is 48.3 Å². The van der Waals surface area contributed by atoms with Crippen molar-refractivity contribution in [3.05, 3.63) is 85.3 Å². The number of amides is 1. The third-order valence-electron chi connectivity index (χ3n) is 4.61. The molecule has 2 aromatic heterocycles. The number of halogens is 2. The van der Waals surface area contributed by atoms with Crippen LogP contribution in [0.1, 0.15) is 4.88 Å². The molecule has 0 spiro atoms. The molecule has 2 aromatic carbocycles. The van der Waals surface area contributed by atoms with Gasteiger partial charge in [0.15, 0.2) is 5.16 Å². The summed E-state index contributed by atoms with van der Waals surface area (Å²) in [5, 5.41) is 1.34. The third-order valence-corrected chi connectivity index (χ3v) is 7.07. The number of fused-ring (bicyclic) bond motifs is 1. The molecule has 4 rings (SSSR count). The lowest BCUT2D eigenvalue weighted by atomic mass is 10.2. The maximum Gasteiger partial charge on any atom is 0.266 e. The highest BCUT2D eigenvalue weighted by atomic mass is 35.5. The van der Waals surface area contributed by atoms with E-state index in [1.165, 1.54) is 27.7 Å². The Hall–Kier alpha value is -2.32. The highest BCUT2D eigenvalue weighted by molar-refractivity contribution is 7.99. The maximum atomic E-state index is 13.3. The van der Waals surface area contributed by atoms with E-state index in [9.17, 15) is 9.59 Å². The minimum Gasteiger partial charge on any atom is -0.340 e. The van der Waals surface area contributed by atoms with E-state index in [0.717, 1.165) is 4.88 Å². The normalized spacial score (nSPS) is 11.1. The molecule has 2 heterocycles. The van der Waals surface area contributed by atoms with Gasteiger partial charge in [0.2, 0.25) is 5.91 Å². The van der Waals surface area contributed by atoms with Crippen LogP contribution >= 0.6 is 46.3 Å². The predicted molar refractivity (Wildman–Crippen MR) is 129 cm³/mol. The summed E-state index contributed by atoms with van der Waals surface area (Å²) in [6.45, 7) is 0.471. The minimum absolute atomic E-state index is 0.0809. The molecule has 0 bridgehead atoms. The monoisotopic (exact) mass is 489 g/mol. The van der Waals surface area contributed by atoms with Crippen molar-refractivity contribution in [1.82, 2.24) is 14.5 Å². The molecule has 0 saturated heterocycles. The fourth-order valence-electron chi connectivity index (χ4n) is 3.05. The van der Waals surface area contributed by atoms with Crippen LogP contribution in [0.3, 0.4) is 0 Å². The summed E-state index contributed by atoms with van der Waals surface area (Å²) in [5.41, 5.74) is 0.881. The first-order valence-electron chi connectivity index (χ1n) is 9.31. The van der Waals surface area contributed by atoms with Gasteiger partial charge in [0.25, 0.3) is 5.56 Å². The second-order valence-corrected chi connectivity index (χ2v) is 9.90. The van der Waals surface area contributed by atoms with Gasteiger partial charge >= 0.3 is 0 Å². The van der Waals surface area contributed by atoms with Gasteiger partial charge < -0.3 is 4.90 Å². The lowest BCUT2D eigenvalue weighted by Gasteiger charge is -2.17.